The Balaban J connectivity index is 1.69. The summed E-state index contributed by atoms with van der Waals surface area (Å²) in [5.74, 6) is 5.50. The van der Waals surface area contributed by atoms with Gasteiger partial charge < -0.3 is 14.2 Å². The zero-order valence-corrected chi connectivity index (χ0v) is 16.2. The molecule has 0 spiro atoms. The van der Waals surface area contributed by atoms with E-state index in [4.69, 9.17) is 14.2 Å². The molecule has 1 fully saturated rings. The number of methoxy groups -OCH3 is 3. The van der Waals surface area contributed by atoms with Gasteiger partial charge in [0.05, 0.1) is 21.3 Å². The highest BCUT2D eigenvalue weighted by Crippen LogP contribution is 2.52. The molecule has 0 aromatic heterocycles. The number of fused-ring (bicyclic) bond motifs is 3. The minimum atomic E-state index is 0.612. The van der Waals surface area contributed by atoms with E-state index in [2.05, 4.69) is 30.4 Å². The van der Waals surface area contributed by atoms with Crippen molar-refractivity contribution in [1.29, 1.82) is 0 Å². The molecule has 0 N–H and O–H groups in total. The Morgan fingerprint density at radius 1 is 0.885 bits per heavy atom. The summed E-state index contributed by atoms with van der Waals surface area (Å²) in [6.07, 6.45) is 14.4. The minimum Gasteiger partial charge on any atom is -0.497 e. The second kappa shape index (κ2) is 7.38. The summed E-state index contributed by atoms with van der Waals surface area (Å²) in [6.45, 7) is 0. The average Bonchev–Trinajstić information content (AvgIpc) is 2.72. The van der Waals surface area contributed by atoms with Gasteiger partial charge >= 0.3 is 0 Å². The quantitative estimate of drug-likeness (QED) is 0.738. The Kier molecular flexibility index (Phi) is 4.97. The van der Waals surface area contributed by atoms with Crippen molar-refractivity contribution in [3.05, 3.63) is 47.2 Å². The van der Waals surface area contributed by atoms with E-state index in [-0.39, 0.29) is 0 Å². The Bertz CT molecular complexity index is 718. The van der Waals surface area contributed by atoms with Crippen LogP contribution in [0.5, 0.6) is 11.5 Å². The third kappa shape index (κ3) is 3.02. The highest BCUT2D eigenvalue weighted by Gasteiger charge is 2.41. The topological polar surface area (TPSA) is 27.7 Å². The first-order valence-electron chi connectivity index (χ1n) is 9.92. The summed E-state index contributed by atoms with van der Waals surface area (Å²) in [6, 6.07) is 4.49. The average molecular weight is 354 g/mol. The molecule has 1 aromatic carbocycles. The zero-order chi connectivity index (χ0) is 18.1. The Hall–Kier alpha value is -1.90. The monoisotopic (exact) mass is 354 g/mol. The second-order valence-electron chi connectivity index (χ2n) is 7.90. The van der Waals surface area contributed by atoms with Crippen molar-refractivity contribution in [1.82, 2.24) is 0 Å². The molecule has 0 heterocycles. The number of benzene rings is 1. The number of hydrogen-bond donors (Lipinski definition) is 0. The third-order valence-corrected chi connectivity index (χ3v) is 6.75. The Morgan fingerprint density at radius 2 is 1.65 bits per heavy atom. The predicted molar refractivity (Wildman–Crippen MR) is 104 cm³/mol. The molecule has 0 bridgehead atoms. The van der Waals surface area contributed by atoms with Crippen LogP contribution in [0, 0.1) is 17.8 Å². The highest BCUT2D eigenvalue weighted by molar-refractivity contribution is 5.50. The normalized spacial score (nSPS) is 30.0. The van der Waals surface area contributed by atoms with Gasteiger partial charge in [-0.05, 0) is 84.8 Å². The fourth-order valence-corrected chi connectivity index (χ4v) is 5.48. The van der Waals surface area contributed by atoms with Crippen LogP contribution in [0.15, 0.2) is 36.1 Å². The lowest BCUT2D eigenvalue weighted by molar-refractivity contribution is 0.155. The maximum Gasteiger partial charge on any atom is 0.161 e. The van der Waals surface area contributed by atoms with E-state index in [9.17, 15) is 0 Å². The van der Waals surface area contributed by atoms with E-state index >= 15 is 0 Å². The first-order valence-corrected chi connectivity index (χ1v) is 9.92. The molecule has 4 rings (SSSR count). The van der Waals surface area contributed by atoms with Crippen LogP contribution in [0.25, 0.3) is 0 Å². The molecule has 3 aliphatic carbocycles. The van der Waals surface area contributed by atoms with Crippen molar-refractivity contribution < 1.29 is 14.2 Å². The van der Waals surface area contributed by atoms with Gasteiger partial charge in [-0.2, -0.15) is 0 Å². The molecule has 0 radical (unpaired) electrons. The van der Waals surface area contributed by atoms with Gasteiger partial charge in [0.25, 0.3) is 0 Å². The van der Waals surface area contributed by atoms with Crippen LogP contribution in [-0.4, -0.2) is 21.3 Å². The highest BCUT2D eigenvalue weighted by atomic mass is 16.5. The smallest absolute Gasteiger partial charge is 0.161 e. The summed E-state index contributed by atoms with van der Waals surface area (Å²) < 4.78 is 16.6. The van der Waals surface area contributed by atoms with Gasteiger partial charge in [-0.3, -0.25) is 0 Å². The van der Waals surface area contributed by atoms with Crippen LogP contribution in [0.4, 0.5) is 0 Å². The van der Waals surface area contributed by atoms with Crippen molar-refractivity contribution in [3.8, 4) is 11.5 Å². The maximum absolute atomic E-state index is 5.59. The van der Waals surface area contributed by atoms with Gasteiger partial charge in [0.2, 0.25) is 0 Å². The first-order chi connectivity index (χ1) is 12.7. The molecule has 3 aliphatic rings. The summed E-state index contributed by atoms with van der Waals surface area (Å²) in [5.41, 5.74) is 2.97. The SMILES string of the molecule is COC1=CCC([C@@H]2Cc3cc(OC)c(OC)cc3[C@@H]3CCCC[C@@H]32)C=C1. The lowest BCUT2D eigenvalue weighted by atomic mass is 9.59. The molecule has 3 nitrogen and oxygen atoms in total. The predicted octanol–water partition coefficient (Wildman–Crippen LogP) is 5.26. The van der Waals surface area contributed by atoms with Gasteiger partial charge in [0.15, 0.2) is 11.5 Å². The van der Waals surface area contributed by atoms with Gasteiger partial charge in [-0.15, -0.1) is 0 Å². The van der Waals surface area contributed by atoms with Gasteiger partial charge in [-0.1, -0.05) is 18.9 Å². The molecule has 0 aliphatic heterocycles. The summed E-state index contributed by atoms with van der Waals surface area (Å²) >= 11 is 0. The molecule has 0 amide bonds. The van der Waals surface area contributed by atoms with Crippen LogP contribution in [0.2, 0.25) is 0 Å². The first kappa shape index (κ1) is 17.5. The number of hydrogen-bond acceptors (Lipinski definition) is 3. The number of ether oxygens (including phenoxy) is 3. The van der Waals surface area contributed by atoms with Crippen molar-refractivity contribution in [2.75, 3.05) is 21.3 Å². The molecule has 1 saturated carbocycles. The van der Waals surface area contributed by atoms with Crippen molar-refractivity contribution >= 4 is 0 Å². The van der Waals surface area contributed by atoms with Crippen LogP contribution in [-0.2, 0) is 11.2 Å². The van der Waals surface area contributed by atoms with Gasteiger partial charge in [0, 0.05) is 0 Å². The minimum absolute atomic E-state index is 0.612. The second-order valence-corrected chi connectivity index (χ2v) is 7.90. The fraction of sp³-hybridized carbons (Fsp3) is 0.565. The molecular weight excluding hydrogens is 324 g/mol. The van der Waals surface area contributed by atoms with Crippen LogP contribution < -0.4 is 9.47 Å². The van der Waals surface area contributed by atoms with Crippen LogP contribution in [0.1, 0.15) is 49.1 Å². The van der Waals surface area contributed by atoms with E-state index in [1.54, 1.807) is 21.3 Å². The van der Waals surface area contributed by atoms with E-state index in [1.165, 1.54) is 36.8 Å². The zero-order valence-electron chi connectivity index (χ0n) is 16.2. The molecule has 1 aromatic rings. The fourth-order valence-electron chi connectivity index (χ4n) is 5.48. The molecular formula is C23H30O3. The van der Waals surface area contributed by atoms with Crippen molar-refractivity contribution in [3.63, 3.8) is 0 Å². The molecule has 26 heavy (non-hydrogen) atoms. The third-order valence-electron chi connectivity index (χ3n) is 6.75. The van der Waals surface area contributed by atoms with E-state index in [0.29, 0.717) is 17.8 Å². The van der Waals surface area contributed by atoms with Crippen molar-refractivity contribution in [2.24, 2.45) is 17.8 Å². The van der Waals surface area contributed by atoms with E-state index < -0.39 is 0 Å². The molecule has 140 valence electrons. The van der Waals surface area contributed by atoms with Crippen LogP contribution >= 0.6 is 0 Å². The van der Waals surface area contributed by atoms with Crippen molar-refractivity contribution in [2.45, 2.75) is 44.4 Å². The summed E-state index contributed by atoms with van der Waals surface area (Å²) in [7, 11) is 5.22. The largest absolute Gasteiger partial charge is 0.497 e. The molecule has 3 heteroatoms. The van der Waals surface area contributed by atoms with E-state index in [0.717, 1.165) is 36.0 Å². The van der Waals surface area contributed by atoms with Gasteiger partial charge in [0.1, 0.15) is 5.76 Å². The Labute approximate surface area is 157 Å². The summed E-state index contributed by atoms with van der Waals surface area (Å²) in [4.78, 5) is 0. The maximum atomic E-state index is 5.59. The standard InChI is InChI=1S/C23H30O3/c1-24-17-10-8-15(9-11-17)20-12-16-13-22(25-2)23(26-3)14-21(16)19-7-5-4-6-18(19)20/h8,10-11,13-15,18-20H,4-7,9,12H2,1-3H3/t15?,18-,19+,20-/m0/s1. The number of rotatable bonds is 4. The molecule has 4 atom stereocenters. The van der Waals surface area contributed by atoms with Gasteiger partial charge in [-0.25, -0.2) is 0 Å². The van der Waals surface area contributed by atoms with E-state index in [1.807, 2.05) is 0 Å². The lowest BCUT2D eigenvalue weighted by Gasteiger charge is -2.45. The van der Waals surface area contributed by atoms with Crippen LogP contribution in [0.3, 0.4) is 0 Å². The Morgan fingerprint density at radius 3 is 2.35 bits per heavy atom. The summed E-state index contributed by atoms with van der Waals surface area (Å²) in [5, 5.41) is 0. The molecule has 1 unspecified atom stereocenters. The number of allylic oxidation sites excluding steroid dienone is 3. The lowest BCUT2D eigenvalue weighted by Crippen LogP contribution is -2.36. The molecule has 0 saturated heterocycles.